The number of pyridine rings is 1. The lowest BCUT2D eigenvalue weighted by Crippen LogP contribution is -2.37. The number of anilines is 1. The van der Waals surface area contributed by atoms with Crippen molar-refractivity contribution in [2.75, 3.05) is 11.6 Å². The average Bonchev–Trinajstić information content (AvgIpc) is 2.54. The van der Waals surface area contributed by atoms with Crippen LogP contribution in [-0.2, 0) is 11.3 Å². The Labute approximate surface area is 123 Å². The van der Waals surface area contributed by atoms with Gasteiger partial charge in [-0.15, -0.1) is 0 Å². The molecule has 0 fully saturated rings. The van der Waals surface area contributed by atoms with E-state index >= 15 is 0 Å². The SMILES string of the molecule is CCOC(=O)N(N)c1ccc(OCc2cccnc2)cc1. The zero-order chi connectivity index (χ0) is 15.1. The minimum absolute atomic E-state index is 0.277. The molecule has 1 amide bonds. The summed E-state index contributed by atoms with van der Waals surface area (Å²) in [5.74, 6) is 6.33. The zero-order valence-electron chi connectivity index (χ0n) is 11.7. The minimum atomic E-state index is -0.596. The molecule has 0 atom stereocenters. The van der Waals surface area contributed by atoms with E-state index in [1.54, 1.807) is 43.6 Å². The summed E-state index contributed by atoms with van der Waals surface area (Å²) in [7, 11) is 0. The monoisotopic (exact) mass is 287 g/mol. The van der Waals surface area contributed by atoms with Crippen LogP contribution >= 0.6 is 0 Å². The lowest BCUT2D eigenvalue weighted by molar-refractivity contribution is 0.160. The van der Waals surface area contributed by atoms with Crippen molar-refractivity contribution in [2.45, 2.75) is 13.5 Å². The molecule has 0 radical (unpaired) electrons. The number of hydrazine groups is 1. The van der Waals surface area contributed by atoms with Gasteiger partial charge in [-0.2, -0.15) is 0 Å². The number of ether oxygens (including phenoxy) is 2. The first-order chi connectivity index (χ1) is 10.2. The smallest absolute Gasteiger partial charge is 0.428 e. The molecule has 0 saturated carbocycles. The van der Waals surface area contributed by atoms with Gasteiger partial charge in [-0.25, -0.2) is 15.6 Å². The van der Waals surface area contributed by atoms with Crippen LogP contribution in [0.15, 0.2) is 48.8 Å². The fourth-order valence-electron chi connectivity index (χ4n) is 1.65. The van der Waals surface area contributed by atoms with Crippen molar-refractivity contribution in [2.24, 2.45) is 5.84 Å². The number of amides is 1. The Kier molecular flexibility index (Phi) is 5.11. The summed E-state index contributed by atoms with van der Waals surface area (Å²) in [5, 5.41) is 0.953. The van der Waals surface area contributed by atoms with Gasteiger partial charge >= 0.3 is 6.09 Å². The largest absolute Gasteiger partial charge is 0.489 e. The van der Waals surface area contributed by atoms with Gasteiger partial charge in [0.2, 0.25) is 0 Å². The second-order valence-electron chi connectivity index (χ2n) is 4.21. The normalized spacial score (nSPS) is 10.0. The predicted molar refractivity (Wildman–Crippen MR) is 78.7 cm³/mol. The van der Waals surface area contributed by atoms with Crippen LogP contribution in [0.2, 0.25) is 0 Å². The van der Waals surface area contributed by atoms with Gasteiger partial charge in [-0.1, -0.05) is 6.07 Å². The fraction of sp³-hybridized carbons (Fsp3) is 0.200. The van der Waals surface area contributed by atoms with Crippen LogP contribution in [-0.4, -0.2) is 17.7 Å². The van der Waals surface area contributed by atoms with Crippen LogP contribution in [0, 0.1) is 0 Å². The van der Waals surface area contributed by atoms with E-state index in [0.717, 1.165) is 10.6 Å². The first kappa shape index (κ1) is 14.8. The molecule has 0 aliphatic carbocycles. The Balaban J connectivity index is 1.94. The van der Waals surface area contributed by atoms with Gasteiger partial charge in [0.15, 0.2) is 0 Å². The van der Waals surface area contributed by atoms with Gasteiger partial charge in [0.25, 0.3) is 0 Å². The van der Waals surface area contributed by atoms with E-state index in [2.05, 4.69) is 4.98 Å². The highest BCUT2D eigenvalue weighted by atomic mass is 16.6. The molecule has 6 nitrogen and oxygen atoms in total. The molecule has 2 rings (SSSR count). The maximum atomic E-state index is 11.5. The van der Waals surface area contributed by atoms with E-state index in [1.165, 1.54) is 0 Å². The standard InChI is InChI=1S/C15H17N3O3/c1-2-20-15(19)18(16)13-5-7-14(8-6-13)21-11-12-4-3-9-17-10-12/h3-10H,2,11,16H2,1H3. The number of carbonyl (C=O) groups excluding carboxylic acids is 1. The molecule has 1 heterocycles. The number of nitrogens with zero attached hydrogens (tertiary/aromatic N) is 2. The second-order valence-corrected chi connectivity index (χ2v) is 4.21. The molecule has 0 aliphatic rings. The molecule has 0 spiro atoms. The number of hydrogen-bond donors (Lipinski definition) is 1. The molecule has 110 valence electrons. The van der Waals surface area contributed by atoms with E-state index in [-0.39, 0.29) is 6.61 Å². The van der Waals surface area contributed by atoms with Crippen LogP contribution in [0.4, 0.5) is 10.5 Å². The quantitative estimate of drug-likeness (QED) is 0.519. The maximum absolute atomic E-state index is 11.5. The molecule has 1 aromatic carbocycles. The van der Waals surface area contributed by atoms with Gasteiger partial charge in [-0.05, 0) is 37.3 Å². The van der Waals surface area contributed by atoms with Crippen molar-refractivity contribution < 1.29 is 14.3 Å². The van der Waals surface area contributed by atoms with E-state index in [0.29, 0.717) is 18.0 Å². The number of rotatable bonds is 5. The predicted octanol–water partition coefficient (Wildman–Crippen LogP) is 2.50. The molecule has 0 unspecified atom stereocenters. The third-order valence-electron chi connectivity index (χ3n) is 2.71. The molecule has 6 heteroatoms. The summed E-state index contributed by atoms with van der Waals surface area (Å²) in [6, 6.07) is 10.7. The van der Waals surface area contributed by atoms with Crippen molar-refractivity contribution in [1.82, 2.24) is 4.98 Å². The number of hydrogen-bond acceptors (Lipinski definition) is 5. The van der Waals surface area contributed by atoms with Crippen LogP contribution in [0.3, 0.4) is 0 Å². The lowest BCUT2D eigenvalue weighted by atomic mass is 10.3. The fourth-order valence-corrected chi connectivity index (χ4v) is 1.65. The number of benzene rings is 1. The van der Waals surface area contributed by atoms with Crippen molar-refractivity contribution in [1.29, 1.82) is 0 Å². The Morgan fingerprint density at radius 2 is 2.05 bits per heavy atom. The number of carbonyl (C=O) groups is 1. The second kappa shape index (κ2) is 7.25. The molecular weight excluding hydrogens is 270 g/mol. The third-order valence-corrected chi connectivity index (χ3v) is 2.71. The highest BCUT2D eigenvalue weighted by Gasteiger charge is 2.12. The summed E-state index contributed by atoms with van der Waals surface area (Å²) in [6.07, 6.45) is 2.86. The van der Waals surface area contributed by atoms with Crippen molar-refractivity contribution in [3.05, 3.63) is 54.4 Å². The van der Waals surface area contributed by atoms with E-state index in [9.17, 15) is 4.79 Å². The molecule has 0 saturated heterocycles. The minimum Gasteiger partial charge on any atom is -0.489 e. The molecule has 0 bridgehead atoms. The highest BCUT2D eigenvalue weighted by molar-refractivity contribution is 5.86. The van der Waals surface area contributed by atoms with Crippen molar-refractivity contribution in [3.8, 4) is 5.75 Å². The Bertz CT molecular complexity index is 572. The van der Waals surface area contributed by atoms with Crippen LogP contribution in [0.1, 0.15) is 12.5 Å². The molecule has 2 N–H and O–H groups in total. The molecule has 1 aromatic heterocycles. The van der Waals surface area contributed by atoms with Crippen LogP contribution in [0.5, 0.6) is 5.75 Å². The van der Waals surface area contributed by atoms with E-state index < -0.39 is 6.09 Å². The zero-order valence-corrected chi connectivity index (χ0v) is 11.7. The molecule has 2 aromatic rings. The van der Waals surface area contributed by atoms with Gasteiger partial charge in [0.1, 0.15) is 12.4 Å². The molecular formula is C15H17N3O3. The summed E-state index contributed by atoms with van der Waals surface area (Å²) in [5.41, 5.74) is 1.51. The Morgan fingerprint density at radius 1 is 1.29 bits per heavy atom. The van der Waals surface area contributed by atoms with Gasteiger partial charge in [0, 0.05) is 18.0 Å². The summed E-state index contributed by atoms with van der Waals surface area (Å²) in [6.45, 7) is 2.43. The molecule has 21 heavy (non-hydrogen) atoms. The average molecular weight is 287 g/mol. The van der Waals surface area contributed by atoms with Crippen LogP contribution < -0.4 is 15.6 Å². The maximum Gasteiger partial charge on any atom is 0.428 e. The number of nitrogens with two attached hydrogens (primary N) is 1. The number of aromatic nitrogens is 1. The third kappa shape index (κ3) is 4.19. The van der Waals surface area contributed by atoms with Crippen molar-refractivity contribution >= 4 is 11.8 Å². The van der Waals surface area contributed by atoms with Gasteiger partial charge in [0.05, 0.1) is 12.3 Å². The first-order valence-corrected chi connectivity index (χ1v) is 6.54. The molecule has 0 aliphatic heterocycles. The summed E-state index contributed by atoms with van der Waals surface area (Å²) in [4.78, 5) is 15.5. The van der Waals surface area contributed by atoms with Crippen molar-refractivity contribution in [3.63, 3.8) is 0 Å². The first-order valence-electron chi connectivity index (χ1n) is 6.54. The summed E-state index contributed by atoms with van der Waals surface area (Å²) >= 11 is 0. The lowest BCUT2D eigenvalue weighted by Gasteiger charge is -2.16. The van der Waals surface area contributed by atoms with E-state index in [4.69, 9.17) is 15.3 Å². The van der Waals surface area contributed by atoms with E-state index in [1.807, 2.05) is 12.1 Å². The Hall–Kier alpha value is -2.60. The Morgan fingerprint density at radius 3 is 2.67 bits per heavy atom. The topological polar surface area (TPSA) is 77.7 Å². The van der Waals surface area contributed by atoms with Crippen LogP contribution in [0.25, 0.3) is 0 Å². The summed E-state index contributed by atoms with van der Waals surface area (Å²) < 4.78 is 10.4. The van der Waals surface area contributed by atoms with Gasteiger partial charge < -0.3 is 9.47 Å². The highest BCUT2D eigenvalue weighted by Crippen LogP contribution is 2.19. The van der Waals surface area contributed by atoms with Gasteiger partial charge in [-0.3, -0.25) is 4.98 Å².